The van der Waals surface area contributed by atoms with E-state index in [9.17, 15) is 9.59 Å². The number of amides is 1. The number of hydrogen-bond acceptors (Lipinski definition) is 4. The normalized spacial score (nSPS) is 9.67. The molecular weight excluding hydrogens is 202 g/mol. The van der Waals surface area contributed by atoms with Crippen LogP contribution < -0.4 is 5.32 Å². The number of aliphatic hydroxyl groups is 1. The SMILES string of the molecule is O=C(O)CCCCCNC(=O)OCCO. The Morgan fingerprint density at radius 1 is 1.20 bits per heavy atom. The number of rotatable bonds is 8. The van der Waals surface area contributed by atoms with Crippen LogP contribution in [0.2, 0.25) is 0 Å². The fraction of sp³-hybridized carbons (Fsp3) is 0.778. The van der Waals surface area contributed by atoms with Gasteiger partial charge in [0, 0.05) is 13.0 Å². The van der Waals surface area contributed by atoms with E-state index in [1.807, 2.05) is 0 Å². The highest BCUT2D eigenvalue weighted by Gasteiger charge is 2.00. The molecule has 0 saturated carbocycles. The molecule has 0 rings (SSSR count). The van der Waals surface area contributed by atoms with Crippen LogP contribution in [0.25, 0.3) is 0 Å². The second-order valence-electron chi connectivity index (χ2n) is 2.99. The molecule has 0 unspecified atom stereocenters. The Kier molecular flexibility index (Phi) is 8.46. The second-order valence-corrected chi connectivity index (χ2v) is 2.99. The van der Waals surface area contributed by atoms with Crippen LogP contribution in [-0.4, -0.2) is 42.0 Å². The lowest BCUT2D eigenvalue weighted by Gasteiger charge is -2.04. The first-order chi connectivity index (χ1) is 7.16. The molecule has 0 atom stereocenters. The molecule has 0 aromatic heterocycles. The summed E-state index contributed by atoms with van der Waals surface area (Å²) in [5, 5.41) is 19.2. The number of carbonyl (C=O) groups is 2. The highest BCUT2D eigenvalue weighted by atomic mass is 16.6. The monoisotopic (exact) mass is 219 g/mol. The van der Waals surface area contributed by atoms with Gasteiger partial charge in [-0.1, -0.05) is 6.42 Å². The molecule has 0 heterocycles. The molecule has 0 aliphatic heterocycles. The van der Waals surface area contributed by atoms with Crippen molar-refractivity contribution in [1.29, 1.82) is 0 Å². The van der Waals surface area contributed by atoms with Crippen molar-refractivity contribution in [3.05, 3.63) is 0 Å². The average molecular weight is 219 g/mol. The average Bonchev–Trinajstić information content (AvgIpc) is 2.19. The lowest BCUT2D eigenvalue weighted by molar-refractivity contribution is -0.137. The molecule has 0 radical (unpaired) electrons. The zero-order valence-corrected chi connectivity index (χ0v) is 8.57. The number of aliphatic hydroxyl groups excluding tert-OH is 1. The molecule has 6 nitrogen and oxygen atoms in total. The summed E-state index contributed by atoms with van der Waals surface area (Å²) < 4.78 is 4.54. The van der Waals surface area contributed by atoms with Crippen LogP contribution in [0.4, 0.5) is 4.79 Å². The van der Waals surface area contributed by atoms with Gasteiger partial charge >= 0.3 is 12.1 Å². The van der Waals surface area contributed by atoms with Gasteiger partial charge in [-0.25, -0.2) is 4.79 Å². The van der Waals surface area contributed by atoms with E-state index in [4.69, 9.17) is 10.2 Å². The number of carbonyl (C=O) groups excluding carboxylic acids is 1. The number of carboxylic acid groups (broad SMARTS) is 1. The topological polar surface area (TPSA) is 95.9 Å². The summed E-state index contributed by atoms with van der Waals surface area (Å²) in [6.45, 7) is 0.265. The Morgan fingerprint density at radius 3 is 2.53 bits per heavy atom. The number of alkyl carbamates (subject to hydrolysis) is 1. The first-order valence-corrected chi connectivity index (χ1v) is 4.90. The summed E-state index contributed by atoms with van der Waals surface area (Å²) in [6, 6.07) is 0. The number of carboxylic acids is 1. The summed E-state index contributed by atoms with van der Waals surface area (Å²) in [6.07, 6.45) is 1.70. The summed E-state index contributed by atoms with van der Waals surface area (Å²) in [4.78, 5) is 20.9. The summed E-state index contributed by atoms with van der Waals surface area (Å²) >= 11 is 0. The third-order valence-corrected chi connectivity index (χ3v) is 1.66. The van der Waals surface area contributed by atoms with Crippen molar-refractivity contribution in [2.45, 2.75) is 25.7 Å². The molecule has 0 aromatic rings. The third-order valence-electron chi connectivity index (χ3n) is 1.66. The van der Waals surface area contributed by atoms with Crippen LogP contribution in [0.5, 0.6) is 0 Å². The van der Waals surface area contributed by atoms with E-state index in [0.717, 1.165) is 12.8 Å². The predicted molar refractivity (Wildman–Crippen MR) is 52.5 cm³/mol. The minimum atomic E-state index is -0.801. The second kappa shape index (κ2) is 9.26. The zero-order valence-electron chi connectivity index (χ0n) is 8.57. The quantitative estimate of drug-likeness (QED) is 0.512. The standard InChI is InChI=1S/C9H17NO5/c11-6-7-15-9(14)10-5-3-1-2-4-8(12)13/h11H,1-7H2,(H,10,14)(H,12,13). The Balaban J connectivity index is 3.16. The van der Waals surface area contributed by atoms with Crippen molar-refractivity contribution < 1.29 is 24.5 Å². The number of aliphatic carboxylic acids is 1. The maximum atomic E-state index is 10.8. The molecule has 88 valence electrons. The number of nitrogens with one attached hydrogen (secondary N) is 1. The molecule has 0 aromatic carbocycles. The molecule has 0 aliphatic carbocycles. The highest BCUT2D eigenvalue weighted by Crippen LogP contribution is 1.98. The van der Waals surface area contributed by atoms with E-state index in [1.165, 1.54) is 0 Å². The largest absolute Gasteiger partial charge is 0.481 e. The van der Waals surface area contributed by atoms with Crippen LogP contribution in [0, 0.1) is 0 Å². The van der Waals surface area contributed by atoms with Crippen LogP contribution >= 0.6 is 0 Å². The molecule has 3 N–H and O–H groups in total. The van der Waals surface area contributed by atoms with Gasteiger partial charge in [-0.3, -0.25) is 4.79 Å². The molecule has 0 aliphatic rings. The van der Waals surface area contributed by atoms with Crippen molar-refractivity contribution in [2.24, 2.45) is 0 Å². The van der Waals surface area contributed by atoms with Gasteiger partial charge in [-0.2, -0.15) is 0 Å². The zero-order chi connectivity index (χ0) is 11.5. The molecule has 0 bridgehead atoms. The van der Waals surface area contributed by atoms with Gasteiger partial charge in [-0.05, 0) is 12.8 Å². The van der Waals surface area contributed by atoms with Crippen LogP contribution in [0.3, 0.4) is 0 Å². The first kappa shape index (κ1) is 13.7. The Hall–Kier alpha value is -1.30. The van der Waals surface area contributed by atoms with Crippen LogP contribution in [0.1, 0.15) is 25.7 Å². The van der Waals surface area contributed by atoms with Crippen LogP contribution in [0.15, 0.2) is 0 Å². The maximum Gasteiger partial charge on any atom is 0.407 e. The van der Waals surface area contributed by atoms with E-state index in [2.05, 4.69) is 10.1 Å². The van der Waals surface area contributed by atoms with E-state index in [-0.39, 0.29) is 19.6 Å². The summed E-state index contributed by atoms with van der Waals surface area (Å²) in [7, 11) is 0. The molecule has 1 amide bonds. The number of ether oxygens (including phenoxy) is 1. The molecule has 6 heteroatoms. The third kappa shape index (κ3) is 10.6. The van der Waals surface area contributed by atoms with Crippen molar-refractivity contribution in [2.75, 3.05) is 19.8 Å². The molecule has 0 spiro atoms. The Morgan fingerprint density at radius 2 is 1.93 bits per heavy atom. The van der Waals surface area contributed by atoms with Crippen molar-refractivity contribution in [3.63, 3.8) is 0 Å². The van der Waals surface area contributed by atoms with Crippen molar-refractivity contribution >= 4 is 12.1 Å². The van der Waals surface area contributed by atoms with Gasteiger partial charge in [0.25, 0.3) is 0 Å². The fourth-order valence-electron chi connectivity index (χ4n) is 0.958. The van der Waals surface area contributed by atoms with E-state index < -0.39 is 12.1 Å². The van der Waals surface area contributed by atoms with Gasteiger partial charge < -0.3 is 20.3 Å². The highest BCUT2D eigenvalue weighted by molar-refractivity contribution is 5.67. The van der Waals surface area contributed by atoms with E-state index >= 15 is 0 Å². The van der Waals surface area contributed by atoms with Gasteiger partial charge in [0.2, 0.25) is 0 Å². The summed E-state index contributed by atoms with van der Waals surface area (Å²) in [5.74, 6) is -0.801. The van der Waals surface area contributed by atoms with Gasteiger partial charge in [0.15, 0.2) is 0 Å². The Labute approximate surface area is 88.2 Å². The first-order valence-electron chi connectivity index (χ1n) is 4.90. The minimum Gasteiger partial charge on any atom is -0.481 e. The summed E-state index contributed by atoms with van der Waals surface area (Å²) in [5.41, 5.74) is 0. The number of unbranched alkanes of at least 4 members (excludes halogenated alkanes) is 2. The van der Waals surface area contributed by atoms with E-state index in [1.54, 1.807) is 0 Å². The fourth-order valence-corrected chi connectivity index (χ4v) is 0.958. The maximum absolute atomic E-state index is 10.8. The van der Waals surface area contributed by atoms with Crippen molar-refractivity contribution in [3.8, 4) is 0 Å². The molecular formula is C9H17NO5. The molecule has 0 saturated heterocycles. The smallest absolute Gasteiger partial charge is 0.407 e. The van der Waals surface area contributed by atoms with E-state index in [0.29, 0.717) is 13.0 Å². The van der Waals surface area contributed by atoms with Gasteiger partial charge in [0.05, 0.1) is 6.61 Å². The van der Waals surface area contributed by atoms with Gasteiger partial charge in [0.1, 0.15) is 6.61 Å². The predicted octanol–water partition coefficient (Wildman–Crippen LogP) is 0.350. The Bertz CT molecular complexity index is 195. The van der Waals surface area contributed by atoms with Crippen LogP contribution in [-0.2, 0) is 9.53 Å². The number of hydrogen-bond donors (Lipinski definition) is 3. The lowest BCUT2D eigenvalue weighted by Crippen LogP contribution is -2.26. The molecule has 15 heavy (non-hydrogen) atoms. The van der Waals surface area contributed by atoms with Gasteiger partial charge in [-0.15, -0.1) is 0 Å². The molecule has 0 fully saturated rings. The lowest BCUT2D eigenvalue weighted by atomic mass is 10.2. The minimum absolute atomic E-state index is 0.00908. The van der Waals surface area contributed by atoms with Crippen molar-refractivity contribution in [1.82, 2.24) is 5.32 Å².